The van der Waals surface area contributed by atoms with Gasteiger partial charge in [-0.1, -0.05) is 182 Å². The molecule has 0 radical (unpaired) electrons. The van der Waals surface area contributed by atoms with Gasteiger partial charge in [0, 0.05) is 39.2 Å². The molecule has 3 nitrogen and oxygen atoms in total. The van der Waals surface area contributed by atoms with Crippen LogP contribution in [-0.2, 0) is 10.8 Å². The minimum atomic E-state index is -0.622. The summed E-state index contributed by atoms with van der Waals surface area (Å²) < 4.78 is 13.5. The summed E-state index contributed by atoms with van der Waals surface area (Å²) in [7, 11) is 0. The summed E-state index contributed by atoms with van der Waals surface area (Å²) in [6.45, 7) is 0. The minimum absolute atomic E-state index is 0.619. The van der Waals surface area contributed by atoms with E-state index in [-0.39, 0.29) is 0 Å². The van der Waals surface area contributed by atoms with Crippen molar-refractivity contribution in [3.8, 4) is 56.4 Å². The van der Waals surface area contributed by atoms with Crippen molar-refractivity contribution in [3.05, 3.63) is 305 Å². The van der Waals surface area contributed by atoms with E-state index in [9.17, 15) is 0 Å². The SMILES string of the molecule is c1ccc(-c2ccccc2N(c2ccc3c(c2)C2(c4ccccc4Oc4ccccc42)c2ccccc2-3)c2ccc3cc4c(cc3c2)C2(c3ccccc3Oc3ccccc32)c2cc3ccccc3cc2-4)cc1. The third-order valence-corrected chi connectivity index (χ3v) is 16.3. The van der Waals surface area contributed by atoms with Crippen LogP contribution in [0.1, 0.15) is 44.5 Å². The molecule has 0 bridgehead atoms. The van der Waals surface area contributed by atoms with Gasteiger partial charge >= 0.3 is 0 Å². The molecule has 0 saturated carbocycles. The van der Waals surface area contributed by atoms with Crippen LogP contribution < -0.4 is 14.4 Å². The molecule has 0 N–H and O–H groups in total. The molecule has 4 aliphatic rings. The van der Waals surface area contributed by atoms with Crippen molar-refractivity contribution < 1.29 is 9.47 Å². The molecule has 73 heavy (non-hydrogen) atoms. The lowest BCUT2D eigenvalue weighted by atomic mass is 9.66. The fraction of sp³-hybridized carbons (Fsp3) is 0.0286. The van der Waals surface area contributed by atoms with Crippen molar-refractivity contribution in [2.45, 2.75) is 10.8 Å². The lowest BCUT2D eigenvalue weighted by Gasteiger charge is -2.39. The van der Waals surface area contributed by atoms with Gasteiger partial charge in [0.1, 0.15) is 23.0 Å². The van der Waals surface area contributed by atoms with E-state index in [0.29, 0.717) is 0 Å². The van der Waals surface area contributed by atoms with Crippen LogP contribution in [0.4, 0.5) is 17.1 Å². The van der Waals surface area contributed by atoms with Gasteiger partial charge in [-0.3, -0.25) is 0 Å². The first-order valence-corrected chi connectivity index (χ1v) is 25.2. The third-order valence-electron chi connectivity index (χ3n) is 16.3. The van der Waals surface area contributed by atoms with Crippen molar-refractivity contribution in [2.24, 2.45) is 0 Å². The Bertz CT molecular complexity index is 4210. The molecule has 340 valence electrons. The Kier molecular flexibility index (Phi) is 8.30. The summed E-state index contributed by atoms with van der Waals surface area (Å²) in [4.78, 5) is 2.49. The quantitative estimate of drug-likeness (QED) is 0.176. The molecule has 0 aromatic heterocycles. The Hall–Kier alpha value is -9.44. The average Bonchev–Trinajstić information content (AvgIpc) is 3.88. The zero-order valence-corrected chi connectivity index (χ0v) is 39.6. The molecule has 0 atom stereocenters. The van der Waals surface area contributed by atoms with E-state index >= 15 is 0 Å². The highest BCUT2D eigenvalue weighted by molar-refractivity contribution is 6.03. The summed E-state index contributed by atoms with van der Waals surface area (Å²) >= 11 is 0. The smallest absolute Gasteiger partial charge is 0.132 e. The Labute approximate surface area is 423 Å². The van der Waals surface area contributed by atoms with Crippen molar-refractivity contribution in [3.63, 3.8) is 0 Å². The maximum atomic E-state index is 6.78. The molecule has 2 heterocycles. The number of nitrogens with zero attached hydrogens (tertiary/aromatic N) is 1. The highest BCUT2D eigenvalue weighted by Crippen LogP contribution is 2.65. The minimum Gasteiger partial charge on any atom is -0.457 e. The van der Waals surface area contributed by atoms with Crippen LogP contribution in [0.3, 0.4) is 0 Å². The summed E-state index contributed by atoms with van der Waals surface area (Å²) in [6.07, 6.45) is 0. The van der Waals surface area contributed by atoms with E-state index in [2.05, 4.69) is 266 Å². The van der Waals surface area contributed by atoms with Gasteiger partial charge in [0.25, 0.3) is 0 Å². The van der Waals surface area contributed by atoms with E-state index in [1.807, 2.05) is 0 Å². The highest BCUT2D eigenvalue weighted by Gasteiger charge is 2.53. The largest absolute Gasteiger partial charge is 0.457 e. The normalized spacial score (nSPS) is 14.2. The van der Waals surface area contributed by atoms with Crippen molar-refractivity contribution in [1.29, 1.82) is 0 Å². The fourth-order valence-electron chi connectivity index (χ4n) is 13.4. The van der Waals surface area contributed by atoms with Crippen LogP contribution in [-0.4, -0.2) is 0 Å². The molecular weight excluding hydrogens is 887 g/mol. The van der Waals surface area contributed by atoms with E-state index < -0.39 is 10.8 Å². The molecule has 2 aliphatic carbocycles. The molecule has 0 saturated heterocycles. The predicted octanol–water partition coefficient (Wildman–Crippen LogP) is 18.1. The van der Waals surface area contributed by atoms with E-state index in [0.717, 1.165) is 78.8 Å². The molecule has 0 unspecified atom stereocenters. The van der Waals surface area contributed by atoms with Crippen LogP contribution in [0.5, 0.6) is 23.0 Å². The molecule has 12 aromatic rings. The monoisotopic (exact) mass is 929 g/mol. The van der Waals surface area contributed by atoms with E-state index in [1.165, 1.54) is 60.7 Å². The summed E-state index contributed by atoms with van der Waals surface area (Å²) in [5.74, 6) is 3.53. The number of benzene rings is 12. The van der Waals surface area contributed by atoms with Gasteiger partial charge < -0.3 is 14.4 Å². The third kappa shape index (κ3) is 5.43. The number of rotatable bonds is 4. The van der Waals surface area contributed by atoms with Gasteiger partial charge in [-0.2, -0.15) is 0 Å². The summed E-state index contributed by atoms with van der Waals surface area (Å²) in [5, 5.41) is 4.80. The second kappa shape index (κ2) is 15.0. The Morgan fingerprint density at radius 3 is 1.27 bits per heavy atom. The van der Waals surface area contributed by atoms with Gasteiger partial charge in [0.15, 0.2) is 0 Å². The zero-order valence-electron chi connectivity index (χ0n) is 39.6. The zero-order chi connectivity index (χ0) is 47.8. The Morgan fingerprint density at radius 2 is 0.658 bits per heavy atom. The molecule has 16 rings (SSSR count). The van der Waals surface area contributed by atoms with Crippen LogP contribution in [0.25, 0.3) is 54.9 Å². The predicted molar refractivity (Wildman–Crippen MR) is 296 cm³/mol. The Balaban J connectivity index is 0.969. The standard InChI is InChI=1S/C70H43NO2/c1-2-18-44(19-3-1)51-22-7-13-29-64(51)71(50-36-37-53-52-23-6-8-24-56(52)69(63(53)43-50)57-25-9-14-30-65(57)72-66-31-15-10-26-58(66)69)49-35-34-47-40-55-54-39-45-20-4-5-21-46(45)41-61(54)70(62(55)42-48(47)38-49)59-27-11-16-32-67(59)73-68-33-17-12-28-60(68)70/h1-43H. The van der Waals surface area contributed by atoms with E-state index in [1.54, 1.807) is 0 Å². The lowest BCUT2D eigenvalue weighted by Crippen LogP contribution is -2.32. The number of anilines is 3. The first-order chi connectivity index (χ1) is 36.2. The van der Waals surface area contributed by atoms with Gasteiger partial charge in [-0.15, -0.1) is 0 Å². The highest BCUT2D eigenvalue weighted by atomic mass is 16.5. The maximum absolute atomic E-state index is 6.78. The van der Waals surface area contributed by atoms with Crippen molar-refractivity contribution in [1.82, 2.24) is 0 Å². The van der Waals surface area contributed by atoms with Gasteiger partial charge in [-0.25, -0.2) is 0 Å². The number of fused-ring (bicyclic) bond motifs is 20. The fourth-order valence-corrected chi connectivity index (χ4v) is 13.4. The summed E-state index contributed by atoms with van der Waals surface area (Å²) in [6, 6.07) is 95.9. The van der Waals surface area contributed by atoms with Gasteiger partial charge in [0.05, 0.1) is 16.5 Å². The van der Waals surface area contributed by atoms with Crippen LogP contribution in [0.2, 0.25) is 0 Å². The molecule has 0 fully saturated rings. The van der Waals surface area contributed by atoms with Crippen LogP contribution >= 0.6 is 0 Å². The van der Waals surface area contributed by atoms with Gasteiger partial charge in [0.2, 0.25) is 0 Å². The van der Waals surface area contributed by atoms with Gasteiger partial charge in [-0.05, 0) is 150 Å². The van der Waals surface area contributed by atoms with E-state index in [4.69, 9.17) is 9.47 Å². The molecule has 12 aromatic carbocycles. The molecular formula is C70H43NO2. The topological polar surface area (TPSA) is 21.7 Å². The first-order valence-electron chi connectivity index (χ1n) is 25.2. The van der Waals surface area contributed by atoms with Crippen LogP contribution in [0, 0.1) is 0 Å². The van der Waals surface area contributed by atoms with Crippen LogP contribution in [0.15, 0.2) is 261 Å². The maximum Gasteiger partial charge on any atom is 0.132 e. The molecule has 2 spiro atoms. The second-order valence-electron chi connectivity index (χ2n) is 19.9. The number of hydrogen-bond acceptors (Lipinski definition) is 3. The summed E-state index contributed by atoms with van der Waals surface area (Å²) in [5.41, 5.74) is 18.9. The van der Waals surface area contributed by atoms with Crippen molar-refractivity contribution in [2.75, 3.05) is 4.90 Å². The number of hydrogen-bond donors (Lipinski definition) is 0. The lowest BCUT2D eigenvalue weighted by molar-refractivity contribution is 0.436. The molecule has 0 amide bonds. The first kappa shape index (κ1) is 40.3. The van der Waals surface area contributed by atoms with Crippen molar-refractivity contribution >= 4 is 38.6 Å². The molecule has 3 heteroatoms. The second-order valence-corrected chi connectivity index (χ2v) is 19.9. The number of para-hydroxylation sites is 5. The molecule has 2 aliphatic heterocycles. The average molecular weight is 930 g/mol. The Morgan fingerprint density at radius 1 is 0.247 bits per heavy atom. The number of ether oxygens (including phenoxy) is 2.